The van der Waals surface area contributed by atoms with Gasteiger partial charge in [-0.25, -0.2) is 4.79 Å². The number of likely N-dealkylation sites (tertiary alicyclic amines) is 1. The molecule has 2 amide bonds. The van der Waals surface area contributed by atoms with Crippen molar-refractivity contribution in [1.82, 2.24) is 15.5 Å². The molecule has 0 unspecified atom stereocenters. The van der Waals surface area contributed by atoms with Crippen LogP contribution >= 0.6 is 0 Å². The third-order valence-electron chi connectivity index (χ3n) is 4.75. The van der Waals surface area contributed by atoms with Crippen LogP contribution < -0.4 is 15.4 Å². The molecule has 0 aromatic heterocycles. The first-order valence-corrected chi connectivity index (χ1v) is 9.44. The molecule has 1 heterocycles. The summed E-state index contributed by atoms with van der Waals surface area (Å²) in [6, 6.07) is 7.85. The van der Waals surface area contributed by atoms with E-state index in [-0.39, 0.29) is 6.03 Å². The Morgan fingerprint density at radius 1 is 1.24 bits per heavy atom. The number of benzene rings is 1. The lowest BCUT2D eigenvalue weighted by atomic mass is 9.96. The van der Waals surface area contributed by atoms with E-state index in [0.717, 1.165) is 43.3 Å². The molecule has 140 valence electrons. The van der Waals surface area contributed by atoms with E-state index in [1.54, 1.807) is 7.11 Å². The Hall–Kier alpha value is -1.75. The lowest BCUT2D eigenvalue weighted by Crippen LogP contribution is -2.43. The van der Waals surface area contributed by atoms with Gasteiger partial charge in [-0.1, -0.05) is 32.0 Å². The highest BCUT2D eigenvalue weighted by molar-refractivity contribution is 5.73. The molecule has 5 heteroatoms. The van der Waals surface area contributed by atoms with Crippen LogP contribution in [0.3, 0.4) is 0 Å². The van der Waals surface area contributed by atoms with Crippen LogP contribution in [0.4, 0.5) is 4.79 Å². The molecule has 1 aliphatic rings. The highest BCUT2D eigenvalue weighted by Gasteiger charge is 2.19. The fourth-order valence-electron chi connectivity index (χ4n) is 3.41. The van der Waals surface area contributed by atoms with Crippen molar-refractivity contribution < 1.29 is 9.53 Å². The SMILES string of the molecule is COc1ccccc1CCNC(=O)NCC1CCN(CC(C)C)CC1. The predicted octanol–water partition coefficient (Wildman–Crippen LogP) is 2.90. The van der Waals surface area contributed by atoms with Crippen LogP contribution in [0.15, 0.2) is 24.3 Å². The topological polar surface area (TPSA) is 53.6 Å². The average Bonchev–Trinajstić information content (AvgIpc) is 2.61. The van der Waals surface area contributed by atoms with E-state index in [2.05, 4.69) is 29.4 Å². The second kappa shape index (κ2) is 10.3. The molecule has 1 aromatic carbocycles. The molecular weight excluding hydrogens is 314 g/mol. The fourth-order valence-corrected chi connectivity index (χ4v) is 3.41. The number of amides is 2. The number of nitrogens with zero attached hydrogens (tertiary/aromatic N) is 1. The molecule has 0 spiro atoms. The van der Waals surface area contributed by atoms with Crippen LogP contribution in [0.25, 0.3) is 0 Å². The highest BCUT2D eigenvalue weighted by Crippen LogP contribution is 2.18. The standard InChI is InChI=1S/C20H33N3O2/c1-16(2)15-23-12-9-17(10-13-23)14-22-20(24)21-11-8-18-6-4-5-7-19(18)25-3/h4-7,16-17H,8-15H2,1-3H3,(H2,21,22,24). The van der Waals surface area contributed by atoms with Crippen LogP contribution in [-0.4, -0.2) is 50.8 Å². The van der Waals surface area contributed by atoms with Gasteiger partial charge in [0, 0.05) is 19.6 Å². The number of carbonyl (C=O) groups is 1. The van der Waals surface area contributed by atoms with Gasteiger partial charge in [0.15, 0.2) is 0 Å². The molecule has 0 atom stereocenters. The van der Waals surface area contributed by atoms with Crippen molar-refractivity contribution in [2.45, 2.75) is 33.1 Å². The van der Waals surface area contributed by atoms with E-state index in [1.165, 1.54) is 19.4 Å². The van der Waals surface area contributed by atoms with Gasteiger partial charge in [-0.2, -0.15) is 0 Å². The molecule has 0 saturated carbocycles. The Kier molecular flexibility index (Phi) is 8.06. The van der Waals surface area contributed by atoms with Crippen molar-refractivity contribution in [2.24, 2.45) is 11.8 Å². The van der Waals surface area contributed by atoms with Crippen molar-refractivity contribution in [3.8, 4) is 5.75 Å². The van der Waals surface area contributed by atoms with Crippen LogP contribution in [0, 0.1) is 11.8 Å². The van der Waals surface area contributed by atoms with E-state index in [1.807, 2.05) is 24.3 Å². The molecule has 1 aromatic rings. The van der Waals surface area contributed by atoms with Crippen molar-refractivity contribution in [1.29, 1.82) is 0 Å². The average molecular weight is 348 g/mol. The quantitative estimate of drug-likeness (QED) is 0.760. The maximum Gasteiger partial charge on any atom is 0.314 e. The number of hydrogen-bond donors (Lipinski definition) is 2. The maximum atomic E-state index is 12.0. The molecule has 1 fully saturated rings. The Labute approximate surface area is 152 Å². The normalized spacial score (nSPS) is 16.0. The summed E-state index contributed by atoms with van der Waals surface area (Å²) in [6.45, 7) is 9.41. The Morgan fingerprint density at radius 3 is 2.64 bits per heavy atom. The summed E-state index contributed by atoms with van der Waals surface area (Å²) in [5, 5.41) is 5.96. The van der Waals surface area contributed by atoms with Crippen LogP contribution in [-0.2, 0) is 6.42 Å². The molecule has 0 bridgehead atoms. The zero-order chi connectivity index (χ0) is 18.1. The molecule has 1 saturated heterocycles. The monoisotopic (exact) mass is 347 g/mol. The summed E-state index contributed by atoms with van der Waals surface area (Å²) in [6.07, 6.45) is 3.12. The highest BCUT2D eigenvalue weighted by atomic mass is 16.5. The van der Waals surface area contributed by atoms with Gasteiger partial charge < -0.3 is 20.3 Å². The molecule has 0 radical (unpaired) electrons. The predicted molar refractivity (Wildman–Crippen MR) is 102 cm³/mol. The van der Waals surface area contributed by atoms with Crippen molar-refractivity contribution in [3.05, 3.63) is 29.8 Å². The first-order valence-electron chi connectivity index (χ1n) is 9.44. The minimum Gasteiger partial charge on any atom is -0.496 e. The fraction of sp³-hybridized carbons (Fsp3) is 0.650. The summed E-state index contributed by atoms with van der Waals surface area (Å²) >= 11 is 0. The third-order valence-corrected chi connectivity index (χ3v) is 4.75. The molecular formula is C20H33N3O2. The van der Waals surface area contributed by atoms with E-state index in [0.29, 0.717) is 12.5 Å². The summed E-state index contributed by atoms with van der Waals surface area (Å²) in [7, 11) is 1.67. The van der Waals surface area contributed by atoms with Gasteiger partial charge in [0.2, 0.25) is 0 Å². The number of piperidine rings is 1. The smallest absolute Gasteiger partial charge is 0.314 e. The number of hydrogen-bond acceptors (Lipinski definition) is 3. The number of methoxy groups -OCH3 is 1. The van der Waals surface area contributed by atoms with Gasteiger partial charge in [0.25, 0.3) is 0 Å². The second-order valence-corrected chi connectivity index (χ2v) is 7.34. The number of para-hydroxylation sites is 1. The lowest BCUT2D eigenvalue weighted by molar-refractivity contribution is 0.166. The van der Waals surface area contributed by atoms with Gasteiger partial charge in [-0.05, 0) is 55.8 Å². The van der Waals surface area contributed by atoms with Crippen LogP contribution in [0.5, 0.6) is 5.75 Å². The zero-order valence-electron chi connectivity index (χ0n) is 15.9. The minimum absolute atomic E-state index is 0.0699. The Bertz CT molecular complexity index is 525. The summed E-state index contributed by atoms with van der Waals surface area (Å²) in [5.74, 6) is 2.20. The number of ether oxygens (including phenoxy) is 1. The zero-order valence-corrected chi connectivity index (χ0v) is 15.9. The van der Waals surface area contributed by atoms with E-state index in [9.17, 15) is 4.79 Å². The second-order valence-electron chi connectivity index (χ2n) is 7.34. The lowest BCUT2D eigenvalue weighted by Gasteiger charge is -2.33. The van der Waals surface area contributed by atoms with E-state index in [4.69, 9.17) is 4.74 Å². The first kappa shape index (κ1) is 19.6. The van der Waals surface area contributed by atoms with Gasteiger partial charge in [0.1, 0.15) is 5.75 Å². The van der Waals surface area contributed by atoms with Gasteiger partial charge in [-0.15, -0.1) is 0 Å². The van der Waals surface area contributed by atoms with Crippen LogP contribution in [0.2, 0.25) is 0 Å². The van der Waals surface area contributed by atoms with Gasteiger partial charge in [0.05, 0.1) is 7.11 Å². The molecule has 5 nitrogen and oxygen atoms in total. The molecule has 2 N–H and O–H groups in total. The number of rotatable bonds is 8. The first-order chi connectivity index (χ1) is 12.1. The van der Waals surface area contributed by atoms with Crippen molar-refractivity contribution in [2.75, 3.05) is 39.8 Å². The molecule has 25 heavy (non-hydrogen) atoms. The summed E-state index contributed by atoms with van der Waals surface area (Å²) in [4.78, 5) is 14.5. The molecule has 2 rings (SSSR count). The molecule has 1 aliphatic heterocycles. The Balaban J connectivity index is 1.60. The van der Waals surface area contributed by atoms with Crippen molar-refractivity contribution in [3.63, 3.8) is 0 Å². The largest absolute Gasteiger partial charge is 0.496 e. The van der Waals surface area contributed by atoms with E-state index >= 15 is 0 Å². The number of nitrogens with one attached hydrogen (secondary N) is 2. The third kappa shape index (κ3) is 6.94. The minimum atomic E-state index is -0.0699. The van der Waals surface area contributed by atoms with Gasteiger partial charge in [-0.3, -0.25) is 0 Å². The number of urea groups is 1. The van der Waals surface area contributed by atoms with E-state index < -0.39 is 0 Å². The number of carbonyl (C=O) groups excluding carboxylic acids is 1. The molecule has 0 aliphatic carbocycles. The van der Waals surface area contributed by atoms with Crippen molar-refractivity contribution >= 4 is 6.03 Å². The summed E-state index contributed by atoms with van der Waals surface area (Å²) < 4.78 is 5.33. The Morgan fingerprint density at radius 2 is 1.96 bits per heavy atom. The van der Waals surface area contributed by atoms with Gasteiger partial charge >= 0.3 is 6.03 Å². The summed E-state index contributed by atoms with van der Waals surface area (Å²) in [5.41, 5.74) is 1.11. The van der Waals surface area contributed by atoms with Crippen LogP contribution in [0.1, 0.15) is 32.3 Å². The maximum absolute atomic E-state index is 12.0.